The lowest BCUT2D eigenvalue weighted by atomic mass is 10.1. The van der Waals surface area contributed by atoms with Crippen LogP contribution in [0.1, 0.15) is 20.7 Å². The second-order valence-electron chi connectivity index (χ2n) is 5.12. The molecule has 3 rings (SSSR count). The highest BCUT2D eigenvalue weighted by atomic mass is 16.4. The summed E-state index contributed by atoms with van der Waals surface area (Å²) in [7, 11) is 1.81. The molecule has 0 aliphatic carbocycles. The smallest absolute Gasteiger partial charge is 0.336 e. The number of carboxylic acids is 1. The molecule has 24 heavy (non-hydrogen) atoms. The number of amides is 1. The van der Waals surface area contributed by atoms with E-state index in [-0.39, 0.29) is 11.1 Å². The molecule has 0 spiro atoms. The molecule has 120 valence electrons. The predicted molar refractivity (Wildman–Crippen MR) is 92.6 cm³/mol. The molecule has 1 amide bonds. The number of hydrogen-bond acceptors (Lipinski definition) is 4. The maximum absolute atomic E-state index is 12.5. The van der Waals surface area contributed by atoms with Crippen molar-refractivity contribution in [1.29, 1.82) is 0 Å². The van der Waals surface area contributed by atoms with Crippen LogP contribution in [0.5, 0.6) is 0 Å². The molecule has 2 aromatic carbocycles. The van der Waals surface area contributed by atoms with Crippen LogP contribution in [0.2, 0.25) is 0 Å². The number of carboxylic acid groups (broad SMARTS) is 1. The Balaban J connectivity index is 2.02. The fourth-order valence-electron chi connectivity index (χ4n) is 2.55. The maximum Gasteiger partial charge on any atom is 0.336 e. The van der Waals surface area contributed by atoms with Crippen molar-refractivity contribution in [2.75, 3.05) is 17.7 Å². The number of pyridine rings is 1. The van der Waals surface area contributed by atoms with Gasteiger partial charge in [-0.15, -0.1) is 0 Å². The van der Waals surface area contributed by atoms with E-state index in [4.69, 9.17) is 0 Å². The van der Waals surface area contributed by atoms with Gasteiger partial charge in [-0.3, -0.25) is 9.78 Å². The summed E-state index contributed by atoms with van der Waals surface area (Å²) in [6.07, 6.45) is 1.64. The Morgan fingerprint density at radius 2 is 1.67 bits per heavy atom. The number of hydrogen-bond donors (Lipinski definition) is 3. The summed E-state index contributed by atoms with van der Waals surface area (Å²) in [4.78, 5) is 28.1. The zero-order valence-electron chi connectivity index (χ0n) is 12.9. The highest BCUT2D eigenvalue weighted by Gasteiger charge is 2.17. The number of benzene rings is 2. The average molecular weight is 321 g/mol. The molecule has 0 aliphatic rings. The summed E-state index contributed by atoms with van der Waals surface area (Å²) < 4.78 is 0. The van der Waals surface area contributed by atoms with E-state index in [2.05, 4.69) is 15.6 Å². The van der Waals surface area contributed by atoms with Gasteiger partial charge in [0.2, 0.25) is 0 Å². The maximum atomic E-state index is 12.5. The van der Waals surface area contributed by atoms with Crippen molar-refractivity contribution < 1.29 is 14.7 Å². The number of rotatable bonds is 4. The van der Waals surface area contributed by atoms with E-state index in [1.165, 1.54) is 12.1 Å². The third kappa shape index (κ3) is 2.77. The minimum atomic E-state index is -1.14. The van der Waals surface area contributed by atoms with Crippen LogP contribution in [-0.2, 0) is 0 Å². The van der Waals surface area contributed by atoms with Gasteiger partial charge in [0.25, 0.3) is 5.91 Å². The third-order valence-corrected chi connectivity index (χ3v) is 3.69. The highest BCUT2D eigenvalue weighted by molar-refractivity contribution is 6.13. The van der Waals surface area contributed by atoms with Gasteiger partial charge < -0.3 is 15.7 Å². The van der Waals surface area contributed by atoms with Crippen molar-refractivity contribution in [1.82, 2.24) is 4.98 Å². The lowest BCUT2D eigenvalue weighted by Gasteiger charge is -2.12. The largest absolute Gasteiger partial charge is 0.478 e. The fraction of sp³-hybridized carbons (Fsp3) is 0.0556. The number of anilines is 2. The van der Waals surface area contributed by atoms with Crippen LogP contribution in [-0.4, -0.2) is 29.0 Å². The molecule has 0 unspecified atom stereocenters. The van der Waals surface area contributed by atoms with Crippen LogP contribution in [0.15, 0.2) is 54.7 Å². The minimum Gasteiger partial charge on any atom is -0.478 e. The topological polar surface area (TPSA) is 91.3 Å². The molecule has 0 saturated heterocycles. The number of carbonyl (C=O) groups excluding carboxylic acids is 1. The van der Waals surface area contributed by atoms with E-state index in [0.717, 1.165) is 11.1 Å². The SMILES string of the molecule is CNc1ccc(NC(=O)c2ccccc2C(=O)O)c2ncccc12. The Kier molecular flexibility index (Phi) is 4.11. The van der Waals surface area contributed by atoms with Crippen LogP contribution in [0.4, 0.5) is 11.4 Å². The van der Waals surface area contributed by atoms with E-state index in [1.807, 2.05) is 25.2 Å². The summed E-state index contributed by atoms with van der Waals surface area (Å²) >= 11 is 0. The third-order valence-electron chi connectivity index (χ3n) is 3.69. The number of fused-ring (bicyclic) bond motifs is 1. The quantitative estimate of drug-likeness (QED) is 0.686. The van der Waals surface area contributed by atoms with Gasteiger partial charge in [-0.25, -0.2) is 4.79 Å². The van der Waals surface area contributed by atoms with Gasteiger partial charge in [0, 0.05) is 24.3 Å². The Bertz CT molecular complexity index is 938. The molecule has 0 aliphatic heterocycles. The minimum absolute atomic E-state index is 0.0425. The molecule has 0 saturated carbocycles. The number of nitrogens with zero attached hydrogens (tertiary/aromatic N) is 1. The lowest BCUT2D eigenvalue weighted by molar-refractivity contribution is 0.0692. The van der Waals surface area contributed by atoms with Crippen molar-refractivity contribution in [2.24, 2.45) is 0 Å². The van der Waals surface area contributed by atoms with E-state index in [1.54, 1.807) is 24.4 Å². The average Bonchev–Trinajstić information content (AvgIpc) is 2.62. The molecule has 3 aromatic rings. The van der Waals surface area contributed by atoms with Gasteiger partial charge in [0.15, 0.2) is 0 Å². The predicted octanol–water partition coefficient (Wildman–Crippen LogP) is 3.23. The Hall–Kier alpha value is -3.41. The summed E-state index contributed by atoms with van der Waals surface area (Å²) in [5, 5.41) is 15.9. The van der Waals surface area contributed by atoms with E-state index >= 15 is 0 Å². The van der Waals surface area contributed by atoms with E-state index in [0.29, 0.717) is 11.2 Å². The normalized spacial score (nSPS) is 10.4. The lowest BCUT2D eigenvalue weighted by Crippen LogP contribution is -2.16. The molecule has 0 atom stereocenters. The monoisotopic (exact) mass is 321 g/mol. The van der Waals surface area contributed by atoms with Crippen molar-refractivity contribution >= 4 is 34.2 Å². The number of aromatic carboxylic acids is 1. The molecule has 0 bridgehead atoms. The fourth-order valence-corrected chi connectivity index (χ4v) is 2.55. The van der Waals surface area contributed by atoms with Crippen molar-refractivity contribution in [2.45, 2.75) is 0 Å². The molecule has 6 nitrogen and oxygen atoms in total. The molecule has 6 heteroatoms. The van der Waals surface area contributed by atoms with Crippen molar-refractivity contribution in [3.63, 3.8) is 0 Å². The zero-order valence-corrected chi connectivity index (χ0v) is 12.9. The zero-order chi connectivity index (χ0) is 17.1. The first-order chi connectivity index (χ1) is 11.6. The first-order valence-electron chi connectivity index (χ1n) is 7.31. The second-order valence-corrected chi connectivity index (χ2v) is 5.12. The standard InChI is InChI=1S/C18H15N3O3/c1-19-14-8-9-15(16-13(14)7-4-10-20-16)21-17(22)11-5-2-3-6-12(11)18(23)24/h2-10,19H,1H3,(H,21,22)(H,23,24). The second kappa shape index (κ2) is 6.37. The Morgan fingerprint density at radius 3 is 2.38 bits per heavy atom. The van der Waals surface area contributed by atoms with E-state index in [9.17, 15) is 14.7 Å². The summed E-state index contributed by atoms with van der Waals surface area (Å²) in [5.74, 6) is -1.63. The molecular formula is C18H15N3O3. The Labute approximate surface area is 138 Å². The van der Waals surface area contributed by atoms with Gasteiger partial charge >= 0.3 is 5.97 Å². The highest BCUT2D eigenvalue weighted by Crippen LogP contribution is 2.28. The summed E-state index contributed by atoms with van der Waals surface area (Å²) in [6.45, 7) is 0. The summed E-state index contributed by atoms with van der Waals surface area (Å²) in [6, 6.07) is 13.4. The number of carbonyl (C=O) groups is 2. The van der Waals surface area contributed by atoms with Gasteiger partial charge in [-0.1, -0.05) is 12.1 Å². The van der Waals surface area contributed by atoms with Crippen LogP contribution >= 0.6 is 0 Å². The first kappa shape index (κ1) is 15.5. The van der Waals surface area contributed by atoms with Crippen molar-refractivity contribution in [3.05, 3.63) is 65.9 Å². The molecule has 0 fully saturated rings. The Morgan fingerprint density at radius 1 is 0.958 bits per heavy atom. The number of nitrogens with one attached hydrogen (secondary N) is 2. The molecular weight excluding hydrogens is 306 g/mol. The van der Waals surface area contributed by atoms with Gasteiger partial charge in [-0.05, 0) is 36.4 Å². The van der Waals surface area contributed by atoms with Gasteiger partial charge in [0.1, 0.15) is 0 Å². The van der Waals surface area contributed by atoms with Crippen LogP contribution < -0.4 is 10.6 Å². The summed E-state index contributed by atoms with van der Waals surface area (Å²) in [5.41, 5.74) is 2.10. The van der Waals surface area contributed by atoms with Crippen molar-refractivity contribution in [3.8, 4) is 0 Å². The molecule has 1 heterocycles. The number of aromatic nitrogens is 1. The van der Waals surface area contributed by atoms with Gasteiger partial charge in [0.05, 0.1) is 22.3 Å². The van der Waals surface area contributed by atoms with Crippen LogP contribution in [0, 0.1) is 0 Å². The van der Waals surface area contributed by atoms with E-state index < -0.39 is 11.9 Å². The first-order valence-corrected chi connectivity index (χ1v) is 7.31. The molecule has 0 radical (unpaired) electrons. The van der Waals surface area contributed by atoms with Crippen LogP contribution in [0.25, 0.3) is 10.9 Å². The molecule has 1 aromatic heterocycles. The van der Waals surface area contributed by atoms with Gasteiger partial charge in [-0.2, -0.15) is 0 Å². The molecule has 3 N–H and O–H groups in total. The van der Waals surface area contributed by atoms with Crippen LogP contribution in [0.3, 0.4) is 0 Å².